The first-order valence-corrected chi connectivity index (χ1v) is 7.95. The topological polar surface area (TPSA) is 9.23 Å². The van der Waals surface area contributed by atoms with E-state index in [2.05, 4.69) is 34.6 Å². The van der Waals surface area contributed by atoms with Gasteiger partial charge >= 0.3 is 0 Å². The van der Waals surface area contributed by atoms with Crippen LogP contribution in [-0.2, 0) is 4.74 Å². The van der Waals surface area contributed by atoms with E-state index in [1.807, 2.05) is 0 Å². The van der Waals surface area contributed by atoms with Crippen molar-refractivity contribution in [2.45, 2.75) is 85.2 Å². The summed E-state index contributed by atoms with van der Waals surface area (Å²) < 4.78 is 6.20. The minimum Gasteiger partial charge on any atom is -0.375 e. The van der Waals surface area contributed by atoms with E-state index in [9.17, 15) is 0 Å². The van der Waals surface area contributed by atoms with E-state index < -0.39 is 0 Å². The molecule has 2 unspecified atom stereocenters. The molecule has 2 aliphatic rings. The number of ether oxygens (including phenoxy) is 1. The molecule has 0 amide bonds. The molecule has 0 heterocycles. The van der Waals surface area contributed by atoms with E-state index >= 15 is 0 Å². The second-order valence-corrected chi connectivity index (χ2v) is 8.06. The summed E-state index contributed by atoms with van der Waals surface area (Å²) in [6, 6.07) is 0. The fourth-order valence-corrected chi connectivity index (χ4v) is 5.05. The zero-order chi connectivity index (χ0) is 13.4. The average Bonchev–Trinajstić information content (AvgIpc) is 2.24. The molecule has 106 valence electrons. The molecule has 2 saturated carbocycles. The Hall–Kier alpha value is -0.0400. The molecule has 2 aliphatic carbocycles. The lowest BCUT2D eigenvalue weighted by Crippen LogP contribution is -2.51. The Bertz CT molecular complexity index is 296. The lowest BCUT2D eigenvalue weighted by molar-refractivity contribution is -0.142. The number of hydrogen-bond acceptors (Lipinski definition) is 1. The Morgan fingerprint density at radius 1 is 1.06 bits per heavy atom. The predicted octanol–water partition coefficient (Wildman–Crippen LogP) is 5.19. The molecule has 0 aromatic heterocycles. The molecule has 1 heteroatoms. The maximum Gasteiger partial charge on any atom is 0.0660 e. The van der Waals surface area contributed by atoms with Gasteiger partial charge in [-0.1, -0.05) is 34.1 Å². The minimum atomic E-state index is 0.147. The number of hydrogen-bond donors (Lipinski definition) is 0. The molecule has 0 aromatic carbocycles. The summed E-state index contributed by atoms with van der Waals surface area (Å²) in [4.78, 5) is 0. The highest BCUT2D eigenvalue weighted by molar-refractivity contribution is 5.03. The van der Waals surface area contributed by atoms with Crippen LogP contribution in [0.1, 0.15) is 79.6 Å². The van der Waals surface area contributed by atoms with Gasteiger partial charge in [-0.2, -0.15) is 0 Å². The first kappa shape index (κ1) is 14.4. The lowest BCUT2D eigenvalue weighted by Gasteiger charge is -2.57. The summed E-state index contributed by atoms with van der Waals surface area (Å²) in [6.07, 6.45) is 9.27. The number of rotatable bonds is 3. The maximum absolute atomic E-state index is 6.20. The SMILES string of the molecule is CCCO[C@]1(C)CCC2C(C)(C)CCCC2(C)C1. The Morgan fingerprint density at radius 2 is 1.78 bits per heavy atom. The Balaban J connectivity index is 2.12. The Kier molecular flexibility index (Phi) is 3.84. The van der Waals surface area contributed by atoms with E-state index in [-0.39, 0.29) is 5.60 Å². The summed E-state index contributed by atoms with van der Waals surface area (Å²) in [5.41, 5.74) is 1.20. The molecule has 3 atom stereocenters. The molecule has 2 fully saturated rings. The third-order valence-corrected chi connectivity index (χ3v) is 5.75. The fraction of sp³-hybridized carbons (Fsp3) is 1.00. The molecule has 0 aliphatic heterocycles. The van der Waals surface area contributed by atoms with Crippen molar-refractivity contribution < 1.29 is 4.74 Å². The molecule has 1 nitrogen and oxygen atoms in total. The van der Waals surface area contributed by atoms with Crippen molar-refractivity contribution in [3.63, 3.8) is 0 Å². The van der Waals surface area contributed by atoms with Crippen LogP contribution in [0, 0.1) is 16.7 Å². The molecule has 0 saturated heterocycles. The van der Waals surface area contributed by atoms with Crippen LogP contribution in [0.2, 0.25) is 0 Å². The highest BCUT2D eigenvalue weighted by Gasteiger charge is 2.52. The molecule has 0 N–H and O–H groups in total. The van der Waals surface area contributed by atoms with Crippen LogP contribution in [-0.4, -0.2) is 12.2 Å². The van der Waals surface area contributed by atoms with E-state index in [4.69, 9.17) is 4.74 Å². The fourth-order valence-electron chi connectivity index (χ4n) is 5.05. The Morgan fingerprint density at radius 3 is 2.44 bits per heavy atom. The number of fused-ring (bicyclic) bond motifs is 1. The second-order valence-electron chi connectivity index (χ2n) is 8.06. The predicted molar refractivity (Wildman–Crippen MR) is 77.7 cm³/mol. The maximum atomic E-state index is 6.20. The Labute approximate surface area is 114 Å². The zero-order valence-electron chi connectivity index (χ0n) is 13.1. The first-order chi connectivity index (χ1) is 8.31. The van der Waals surface area contributed by atoms with Gasteiger partial charge in [-0.3, -0.25) is 0 Å². The van der Waals surface area contributed by atoms with E-state index in [0.717, 1.165) is 18.9 Å². The van der Waals surface area contributed by atoms with Crippen LogP contribution >= 0.6 is 0 Å². The third-order valence-electron chi connectivity index (χ3n) is 5.75. The van der Waals surface area contributed by atoms with Crippen LogP contribution in [0.15, 0.2) is 0 Å². The summed E-state index contributed by atoms with van der Waals surface area (Å²) in [5, 5.41) is 0. The molecule has 0 aromatic rings. The van der Waals surface area contributed by atoms with Crippen LogP contribution < -0.4 is 0 Å². The summed E-state index contributed by atoms with van der Waals surface area (Å²) in [5.74, 6) is 0.900. The lowest BCUT2D eigenvalue weighted by atomic mass is 9.49. The van der Waals surface area contributed by atoms with Crippen molar-refractivity contribution in [1.29, 1.82) is 0 Å². The van der Waals surface area contributed by atoms with Crippen LogP contribution in [0.3, 0.4) is 0 Å². The van der Waals surface area contributed by atoms with Gasteiger partial charge in [0.1, 0.15) is 0 Å². The van der Waals surface area contributed by atoms with Gasteiger partial charge in [-0.05, 0) is 62.2 Å². The molecule has 18 heavy (non-hydrogen) atoms. The second kappa shape index (κ2) is 4.81. The van der Waals surface area contributed by atoms with Gasteiger partial charge < -0.3 is 4.74 Å². The quantitative estimate of drug-likeness (QED) is 0.672. The van der Waals surface area contributed by atoms with Gasteiger partial charge in [0.05, 0.1) is 5.60 Å². The monoisotopic (exact) mass is 252 g/mol. The molecule has 2 rings (SSSR count). The van der Waals surface area contributed by atoms with Gasteiger partial charge in [-0.15, -0.1) is 0 Å². The van der Waals surface area contributed by atoms with E-state index in [1.54, 1.807) is 0 Å². The highest BCUT2D eigenvalue weighted by Crippen LogP contribution is 2.59. The zero-order valence-corrected chi connectivity index (χ0v) is 13.1. The molecule has 0 spiro atoms. The summed E-state index contributed by atoms with van der Waals surface area (Å²) in [6.45, 7) is 13.0. The highest BCUT2D eigenvalue weighted by atomic mass is 16.5. The molecule has 0 bridgehead atoms. The van der Waals surface area contributed by atoms with Crippen molar-refractivity contribution in [2.75, 3.05) is 6.61 Å². The molecular formula is C17H32O. The standard InChI is InChI=1S/C17H32O/c1-6-12-18-17(5)11-8-14-15(2,3)9-7-10-16(14,4)13-17/h14H,6-13H2,1-5H3/t14?,16?,17-/m1/s1. The molecule has 0 radical (unpaired) electrons. The van der Waals surface area contributed by atoms with Gasteiger partial charge in [0, 0.05) is 6.61 Å². The van der Waals surface area contributed by atoms with E-state index in [0.29, 0.717) is 10.8 Å². The van der Waals surface area contributed by atoms with Crippen molar-refractivity contribution in [3.8, 4) is 0 Å². The van der Waals surface area contributed by atoms with Crippen LogP contribution in [0.5, 0.6) is 0 Å². The molecular weight excluding hydrogens is 220 g/mol. The smallest absolute Gasteiger partial charge is 0.0660 e. The van der Waals surface area contributed by atoms with Crippen molar-refractivity contribution in [1.82, 2.24) is 0 Å². The van der Waals surface area contributed by atoms with Gasteiger partial charge in [0.2, 0.25) is 0 Å². The summed E-state index contributed by atoms with van der Waals surface area (Å²) >= 11 is 0. The van der Waals surface area contributed by atoms with E-state index in [1.165, 1.54) is 38.5 Å². The van der Waals surface area contributed by atoms with Gasteiger partial charge in [-0.25, -0.2) is 0 Å². The van der Waals surface area contributed by atoms with Crippen molar-refractivity contribution >= 4 is 0 Å². The van der Waals surface area contributed by atoms with Gasteiger partial charge in [0.15, 0.2) is 0 Å². The van der Waals surface area contributed by atoms with Crippen molar-refractivity contribution in [2.24, 2.45) is 16.7 Å². The van der Waals surface area contributed by atoms with Gasteiger partial charge in [0.25, 0.3) is 0 Å². The van der Waals surface area contributed by atoms with Crippen molar-refractivity contribution in [3.05, 3.63) is 0 Å². The minimum absolute atomic E-state index is 0.147. The largest absolute Gasteiger partial charge is 0.375 e. The normalized spacial score (nSPS) is 43.5. The first-order valence-electron chi connectivity index (χ1n) is 7.95. The van der Waals surface area contributed by atoms with Crippen LogP contribution in [0.25, 0.3) is 0 Å². The average molecular weight is 252 g/mol. The third kappa shape index (κ3) is 2.61. The van der Waals surface area contributed by atoms with Crippen LogP contribution in [0.4, 0.5) is 0 Å². The summed E-state index contributed by atoms with van der Waals surface area (Å²) in [7, 11) is 0.